The number of benzene rings is 1. The zero-order valence-electron chi connectivity index (χ0n) is 14.2. The predicted octanol–water partition coefficient (Wildman–Crippen LogP) is 2.94. The van der Waals surface area contributed by atoms with Crippen molar-refractivity contribution in [3.05, 3.63) is 60.2 Å². The Morgan fingerprint density at radius 2 is 1.68 bits per heavy atom. The van der Waals surface area contributed by atoms with Crippen molar-refractivity contribution in [1.29, 1.82) is 0 Å². The summed E-state index contributed by atoms with van der Waals surface area (Å²) in [5, 5.41) is 3.88. The van der Waals surface area contributed by atoms with Crippen LogP contribution in [0.15, 0.2) is 58.2 Å². The van der Waals surface area contributed by atoms with Crippen molar-refractivity contribution in [2.45, 2.75) is 17.0 Å². The van der Waals surface area contributed by atoms with Crippen LogP contribution in [0.4, 0.5) is 13.2 Å². The number of hydrogen-bond donors (Lipinski definition) is 0. The van der Waals surface area contributed by atoms with Gasteiger partial charge in [0.1, 0.15) is 0 Å². The van der Waals surface area contributed by atoms with Gasteiger partial charge in [0.25, 0.3) is 0 Å². The van der Waals surface area contributed by atoms with Gasteiger partial charge in [-0.15, -0.1) is 0 Å². The molecule has 0 radical (unpaired) electrons. The largest absolute Gasteiger partial charge is 0.416 e. The van der Waals surface area contributed by atoms with Gasteiger partial charge < -0.3 is 4.52 Å². The van der Waals surface area contributed by atoms with Crippen LogP contribution in [0.1, 0.15) is 17.4 Å². The first-order chi connectivity index (χ1) is 13.2. The van der Waals surface area contributed by atoms with Crippen LogP contribution in [0.5, 0.6) is 0 Å². The molecule has 1 aromatic carbocycles. The van der Waals surface area contributed by atoms with Gasteiger partial charge in [0, 0.05) is 31.0 Å². The van der Waals surface area contributed by atoms with Crippen LogP contribution >= 0.6 is 0 Å². The first-order valence-electron chi connectivity index (χ1n) is 8.16. The van der Waals surface area contributed by atoms with Crippen molar-refractivity contribution < 1.29 is 26.1 Å². The van der Waals surface area contributed by atoms with Crippen molar-refractivity contribution in [3.8, 4) is 11.4 Å². The smallest absolute Gasteiger partial charge is 0.339 e. The lowest BCUT2D eigenvalue weighted by atomic mass is 10.0. The van der Waals surface area contributed by atoms with E-state index in [9.17, 15) is 21.6 Å². The second-order valence-corrected chi connectivity index (χ2v) is 8.17. The first kappa shape index (κ1) is 18.6. The van der Waals surface area contributed by atoms with E-state index in [4.69, 9.17) is 4.52 Å². The van der Waals surface area contributed by atoms with Crippen molar-refractivity contribution in [2.24, 2.45) is 0 Å². The fourth-order valence-electron chi connectivity index (χ4n) is 2.77. The quantitative estimate of drug-likeness (QED) is 0.657. The van der Waals surface area contributed by atoms with E-state index in [2.05, 4.69) is 15.1 Å². The standard InChI is InChI=1S/C17H13F3N4O3S/c18-17(19,20)13-1-3-14(4-2-13)28(25,26)24-9-12(10-24)16-22-15(23-27-16)11-5-7-21-8-6-11/h1-8,12H,9-10H2. The molecule has 3 aromatic rings. The van der Waals surface area contributed by atoms with Gasteiger partial charge in [-0.1, -0.05) is 5.16 Å². The molecule has 146 valence electrons. The number of pyridine rings is 1. The Hall–Kier alpha value is -2.79. The van der Waals surface area contributed by atoms with Crippen molar-refractivity contribution >= 4 is 10.0 Å². The van der Waals surface area contributed by atoms with Gasteiger partial charge in [0.05, 0.1) is 16.4 Å². The number of hydrogen-bond acceptors (Lipinski definition) is 6. The average Bonchev–Trinajstić information content (AvgIpc) is 3.10. The van der Waals surface area contributed by atoms with Crippen molar-refractivity contribution in [3.63, 3.8) is 0 Å². The summed E-state index contributed by atoms with van der Waals surface area (Å²) >= 11 is 0. The van der Waals surface area contributed by atoms with Crippen LogP contribution in [-0.2, 0) is 16.2 Å². The third kappa shape index (κ3) is 3.38. The molecule has 4 rings (SSSR count). The van der Waals surface area contributed by atoms with E-state index in [1.165, 1.54) is 0 Å². The molecule has 0 amide bonds. The number of alkyl halides is 3. The van der Waals surface area contributed by atoms with Gasteiger partial charge in [-0.2, -0.15) is 22.5 Å². The number of aromatic nitrogens is 3. The number of sulfonamides is 1. The summed E-state index contributed by atoms with van der Waals surface area (Å²) in [4.78, 5) is 7.99. The molecule has 1 saturated heterocycles. The highest BCUT2D eigenvalue weighted by Gasteiger charge is 2.40. The minimum absolute atomic E-state index is 0.112. The van der Waals surface area contributed by atoms with Gasteiger partial charge in [-0.05, 0) is 36.4 Å². The fourth-order valence-corrected chi connectivity index (χ4v) is 4.31. The molecule has 28 heavy (non-hydrogen) atoms. The normalized spacial score (nSPS) is 16.1. The van der Waals surface area contributed by atoms with E-state index in [1.807, 2.05) is 0 Å². The molecule has 0 saturated carbocycles. The zero-order chi connectivity index (χ0) is 19.9. The topological polar surface area (TPSA) is 89.2 Å². The van der Waals surface area contributed by atoms with Crippen LogP contribution < -0.4 is 0 Å². The van der Waals surface area contributed by atoms with E-state index in [0.717, 1.165) is 34.1 Å². The van der Waals surface area contributed by atoms with Gasteiger partial charge >= 0.3 is 6.18 Å². The molecule has 1 aliphatic heterocycles. The first-order valence-corrected chi connectivity index (χ1v) is 9.60. The van der Waals surface area contributed by atoms with Gasteiger partial charge in [-0.25, -0.2) is 8.42 Å². The third-order valence-corrected chi connectivity index (χ3v) is 6.24. The minimum Gasteiger partial charge on any atom is -0.339 e. The van der Waals surface area contributed by atoms with E-state index in [1.54, 1.807) is 24.5 Å². The molecule has 0 N–H and O–H groups in total. The van der Waals surface area contributed by atoms with Crippen LogP contribution in [0, 0.1) is 0 Å². The van der Waals surface area contributed by atoms with Crippen molar-refractivity contribution in [2.75, 3.05) is 13.1 Å². The summed E-state index contributed by atoms with van der Waals surface area (Å²) in [6.45, 7) is 0.225. The van der Waals surface area contributed by atoms with Gasteiger partial charge in [0.15, 0.2) is 0 Å². The molecule has 1 aliphatic rings. The summed E-state index contributed by atoms with van der Waals surface area (Å²) in [6.07, 6.45) is -1.34. The van der Waals surface area contributed by atoms with E-state index in [-0.39, 0.29) is 23.9 Å². The second-order valence-electron chi connectivity index (χ2n) is 6.23. The summed E-state index contributed by atoms with van der Waals surface area (Å²) in [5.74, 6) is 0.416. The maximum Gasteiger partial charge on any atom is 0.416 e. The summed E-state index contributed by atoms with van der Waals surface area (Å²) in [5.41, 5.74) is -0.180. The highest BCUT2D eigenvalue weighted by molar-refractivity contribution is 7.89. The molecular weight excluding hydrogens is 397 g/mol. The Morgan fingerprint density at radius 1 is 1.04 bits per heavy atom. The molecule has 0 spiro atoms. The predicted molar refractivity (Wildman–Crippen MR) is 90.5 cm³/mol. The molecule has 0 atom stereocenters. The summed E-state index contributed by atoms with van der Waals surface area (Å²) < 4.78 is 69.4. The number of halogens is 3. The van der Waals surface area contributed by atoms with Gasteiger partial charge in [-0.3, -0.25) is 4.98 Å². The molecule has 2 aromatic heterocycles. The maximum atomic E-state index is 12.6. The summed E-state index contributed by atoms with van der Waals surface area (Å²) in [6, 6.07) is 6.86. The molecule has 7 nitrogen and oxygen atoms in total. The SMILES string of the molecule is O=S(=O)(c1ccc(C(F)(F)F)cc1)N1CC(c2nc(-c3ccncc3)no2)C1. The lowest BCUT2D eigenvalue weighted by Crippen LogP contribution is -2.48. The Morgan fingerprint density at radius 3 is 2.29 bits per heavy atom. The minimum atomic E-state index is -4.52. The molecule has 3 heterocycles. The highest BCUT2D eigenvalue weighted by atomic mass is 32.2. The van der Waals surface area contributed by atoms with Crippen LogP contribution in [0.25, 0.3) is 11.4 Å². The Balaban J connectivity index is 1.45. The van der Waals surface area contributed by atoms with Crippen LogP contribution in [-0.4, -0.2) is 40.9 Å². The molecule has 0 bridgehead atoms. The van der Waals surface area contributed by atoms with Crippen molar-refractivity contribution in [1.82, 2.24) is 19.4 Å². The van der Waals surface area contributed by atoms with Gasteiger partial charge in [0.2, 0.25) is 21.7 Å². The molecule has 1 fully saturated rings. The Labute approximate surface area is 157 Å². The Bertz CT molecular complexity index is 1080. The summed E-state index contributed by atoms with van der Waals surface area (Å²) in [7, 11) is -3.88. The second kappa shape index (κ2) is 6.67. The highest BCUT2D eigenvalue weighted by Crippen LogP contribution is 2.34. The average molecular weight is 410 g/mol. The molecule has 0 unspecified atom stereocenters. The van der Waals surface area contributed by atoms with E-state index >= 15 is 0 Å². The van der Waals surface area contributed by atoms with E-state index in [0.29, 0.717) is 11.7 Å². The van der Waals surface area contributed by atoms with Crippen LogP contribution in [0.3, 0.4) is 0 Å². The molecule has 11 heteroatoms. The lowest BCUT2D eigenvalue weighted by molar-refractivity contribution is -0.137. The lowest BCUT2D eigenvalue weighted by Gasteiger charge is -2.35. The number of rotatable bonds is 4. The number of nitrogens with zero attached hydrogens (tertiary/aromatic N) is 4. The third-order valence-electron chi connectivity index (χ3n) is 4.40. The molecular formula is C17H13F3N4O3S. The van der Waals surface area contributed by atoms with E-state index < -0.39 is 21.8 Å². The van der Waals surface area contributed by atoms with Crippen LogP contribution in [0.2, 0.25) is 0 Å². The molecule has 0 aliphatic carbocycles. The zero-order valence-corrected chi connectivity index (χ0v) is 15.0. The Kier molecular flexibility index (Phi) is 4.42. The maximum absolute atomic E-state index is 12.6. The fraction of sp³-hybridized carbons (Fsp3) is 0.235. The monoisotopic (exact) mass is 410 g/mol.